The first-order valence-electron chi connectivity index (χ1n) is 6.23. The zero-order valence-electron chi connectivity index (χ0n) is 10.1. The molecule has 0 aliphatic heterocycles. The first kappa shape index (κ1) is 12.4. The number of hydrogen-bond acceptors (Lipinski definition) is 1. The Morgan fingerprint density at radius 3 is 2.76 bits per heavy atom. The maximum atomic E-state index is 12.1. The number of rotatable bonds is 3. The van der Waals surface area contributed by atoms with Crippen LogP contribution in [0.25, 0.3) is 0 Å². The molecular weight excluding hydrogens is 234 g/mol. The summed E-state index contributed by atoms with van der Waals surface area (Å²) in [6.07, 6.45) is 4.90. The molecule has 0 saturated heterocycles. The topological polar surface area (TPSA) is 29.1 Å². The van der Waals surface area contributed by atoms with Gasteiger partial charge in [0.05, 0.1) is 0 Å². The van der Waals surface area contributed by atoms with Crippen molar-refractivity contribution < 1.29 is 4.79 Å². The molecule has 1 atom stereocenters. The predicted molar refractivity (Wildman–Crippen MR) is 71.2 cm³/mol. The van der Waals surface area contributed by atoms with Gasteiger partial charge in [0.15, 0.2) is 0 Å². The number of anilines is 1. The summed E-state index contributed by atoms with van der Waals surface area (Å²) in [7, 11) is 0. The molecule has 2 rings (SSSR count). The SMILES string of the molecule is CC(C(=O)Nc1cccc(Cl)c1)C1CCCC1. The highest BCUT2D eigenvalue weighted by molar-refractivity contribution is 6.30. The lowest BCUT2D eigenvalue weighted by atomic mass is 9.92. The van der Waals surface area contributed by atoms with Crippen LogP contribution in [-0.2, 0) is 4.79 Å². The Hall–Kier alpha value is -1.02. The predicted octanol–water partition coefficient (Wildman–Crippen LogP) is 4.10. The number of halogens is 1. The molecule has 1 aromatic carbocycles. The first-order valence-corrected chi connectivity index (χ1v) is 6.61. The quantitative estimate of drug-likeness (QED) is 0.861. The molecule has 1 unspecified atom stereocenters. The Labute approximate surface area is 107 Å². The Bertz CT molecular complexity index is 399. The van der Waals surface area contributed by atoms with Crippen LogP contribution in [0.3, 0.4) is 0 Å². The van der Waals surface area contributed by atoms with Gasteiger partial charge in [-0.15, -0.1) is 0 Å². The molecule has 1 aromatic rings. The van der Waals surface area contributed by atoms with E-state index >= 15 is 0 Å². The zero-order valence-corrected chi connectivity index (χ0v) is 10.8. The van der Waals surface area contributed by atoms with Gasteiger partial charge in [0, 0.05) is 16.6 Å². The lowest BCUT2D eigenvalue weighted by Gasteiger charge is -2.18. The molecular formula is C14H18ClNO. The van der Waals surface area contributed by atoms with Gasteiger partial charge >= 0.3 is 0 Å². The minimum Gasteiger partial charge on any atom is -0.326 e. The molecule has 0 spiro atoms. The van der Waals surface area contributed by atoms with Crippen molar-refractivity contribution in [2.75, 3.05) is 5.32 Å². The summed E-state index contributed by atoms with van der Waals surface area (Å²) in [4.78, 5) is 12.1. The van der Waals surface area contributed by atoms with Gasteiger partial charge in [-0.25, -0.2) is 0 Å². The Morgan fingerprint density at radius 2 is 2.12 bits per heavy atom. The van der Waals surface area contributed by atoms with Gasteiger partial charge in [-0.1, -0.05) is 37.4 Å². The minimum atomic E-state index is 0.0940. The third kappa shape index (κ3) is 3.22. The molecule has 1 aliphatic rings. The van der Waals surface area contributed by atoms with E-state index in [0.29, 0.717) is 10.9 Å². The fourth-order valence-electron chi connectivity index (χ4n) is 2.49. The van der Waals surface area contributed by atoms with Gasteiger partial charge in [0.2, 0.25) is 5.91 Å². The van der Waals surface area contributed by atoms with Gasteiger partial charge in [0.1, 0.15) is 0 Å². The molecule has 1 aliphatic carbocycles. The average molecular weight is 252 g/mol. The maximum Gasteiger partial charge on any atom is 0.227 e. The Morgan fingerprint density at radius 1 is 1.41 bits per heavy atom. The molecule has 3 heteroatoms. The summed E-state index contributed by atoms with van der Waals surface area (Å²) >= 11 is 5.88. The van der Waals surface area contributed by atoms with Crippen LogP contribution < -0.4 is 5.32 Å². The summed E-state index contributed by atoms with van der Waals surface area (Å²) in [5.74, 6) is 0.754. The highest BCUT2D eigenvalue weighted by Crippen LogP contribution is 2.31. The van der Waals surface area contributed by atoms with Crippen LogP contribution in [0.1, 0.15) is 32.6 Å². The zero-order chi connectivity index (χ0) is 12.3. The second-order valence-corrected chi connectivity index (χ2v) is 5.27. The lowest BCUT2D eigenvalue weighted by Crippen LogP contribution is -2.25. The van der Waals surface area contributed by atoms with Crippen molar-refractivity contribution >= 4 is 23.2 Å². The highest BCUT2D eigenvalue weighted by Gasteiger charge is 2.26. The average Bonchev–Trinajstić information content (AvgIpc) is 2.81. The van der Waals surface area contributed by atoms with Crippen LogP contribution in [0.2, 0.25) is 5.02 Å². The second kappa shape index (κ2) is 5.54. The number of carbonyl (C=O) groups excluding carboxylic acids is 1. The molecule has 17 heavy (non-hydrogen) atoms. The van der Waals surface area contributed by atoms with Crippen LogP contribution in [0.4, 0.5) is 5.69 Å². The first-order chi connectivity index (χ1) is 8.16. The fraction of sp³-hybridized carbons (Fsp3) is 0.500. The van der Waals surface area contributed by atoms with Crippen LogP contribution in [0.15, 0.2) is 24.3 Å². The van der Waals surface area contributed by atoms with Crippen molar-refractivity contribution in [1.29, 1.82) is 0 Å². The summed E-state index contributed by atoms with van der Waals surface area (Å²) in [5.41, 5.74) is 0.785. The van der Waals surface area contributed by atoms with Crippen LogP contribution in [0.5, 0.6) is 0 Å². The van der Waals surface area contributed by atoms with Crippen molar-refractivity contribution in [3.05, 3.63) is 29.3 Å². The molecule has 1 saturated carbocycles. The van der Waals surface area contributed by atoms with Crippen molar-refractivity contribution in [3.8, 4) is 0 Å². The van der Waals surface area contributed by atoms with Crippen molar-refractivity contribution in [2.24, 2.45) is 11.8 Å². The lowest BCUT2D eigenvalue weighted by molar-refractivity contribution is -0.120. The van der Waals surface area contributed by atoms with E-state index < -0.39 is 0 Å². The van der Waals surface area contributed by atoms with Crippen molar-refractivity contribution in [1.82, 2.24) is 0 Å². The molecule has 92 valence electrons. The molecule has 1 N–H and O–H groups in total. The van der Waals surface area contributed by atoms with Crippen LogP contribution >= 0.6 is 11.6 Å². The third-order valence-corrected chi connectivity index (χ3v) is 3.85. The fourth-order valence-corrected chi connectivity index (χ4v) is 2.68. The maximum absolute atomic E-state index is 12.1. The summed E-state index contributed by atoms with van der Waals surface area (Å²) in [5, 5.41) is 3.59. The molecule has 0 heterocycles. The second-order valence-electron chi connectivity index (χ2n) is 4.83. The number of nitrogens with one attached hydrogen (secondary N) is 1. The Kier molecular flexibility index (Phi) is 4.06. The van der Waals surface area contributed by atoms with Gasteiger partial charge < -0.3 is 5.32 Å². The van der Waals surface area contributed by atoms with E-state index in [2.05, 4.69) is 5.32 Å². The summed E-state index contributed by atoms with van der Waals surface area (Å²) in [6.45, 7) is 2.02. The van der Waals surface area contributed by atoms with E-state index in [1.165, 1.54) is 25.7 Å². The number of amides is 1. The van der Waals surface area contributed by atoms with E-state index in [4.69, 9.17) is 11.6 Å². The third-order valence-electron chi connectivity index (χ3n) is 3.61. The van der Waals surface area contributed by atoms with E-state index in [9.17, 15) is 4.79 Å². The van der Waals surface area contributed by atoms with Gasteiger partial charge in [0.25, 0.3) is 0 Å². The van der Waals surface area contributed by atoms with E-state index in [0.717, 1.165) is 5.69 Å². The van der Waals surface area contributed by atoms with E-state index in [1.54, 1.807) is 12.1 Å². The minimum absolute atomic E-state index is 0.0940. The standard InChI is InChI=1S/C14H18ClNO/c1-10(11-5-2-3-6-11)14(17)16-13-8-4-7-12(15)9-13/h4,7-11H,2-3,5-6H2,1H3,(H,16,17). The molecule has 1 amide bonds. The molecule has 0 radical (unpaired) electrons. The molecule has 2 nitrogen and oxygen atoms in total. The summed E-state index contributed by atoms with van der Waals surface area (Å²) in [6, 6.07) is 7.29. The summed E-state index contributed by atoms with van der Waals surface area (Å²) < 4.78 is 0. The number of carbonyl (C=O) groups is 1. The van der Waals surface area contributed by atoms with Gasteiger partial charge in [-0.05, 0) is 37.0 Å². The normalized spacial score (nSPS) is 18.0. The van der Waals surface area contributed by atoms with Crippen LogP contribution in [-0.4, -0.2) is 5.91 Å². The van der Waals surface area contributed by atoms with Crippen molar-refractivity contribution in [3.63, 3.8) is 0 Å². The number of benzene rings is 1. The van der Waals surface area contributed by atoms with E-state index in [1.807, 2.05) is 19.1 Å². The number of hydrogen-bond donors (Lipinski definition) is 1. The van der Waals surface area contributed by atoms with Gasteiger partial charge in [-0.3, -0.25) is 4.79 Å². The Balaban J connectivity index is 1.96. The molecule has 0 bridgehead atoms. The van der Waals surface area contributed by atoms with Crippen LogP contribution in [0, 0.1) is 11.8 Å². The highest BCUT2D eigenvalue weighted by atomic mass is 35.5. The van der Waals surface area contributed by atoms with E-state index in [-0.39, 0.29) is 11.8 Å². The van der Waals surface area contributed by atoms with Crippen molar-refractivity contribution in [2.45, 2.75) is 32.6 Å². The van der Waals surface area contributed by atoms with Gasteiger partial charge in [-0.2, -0.15) is 0 Å². The monoisotopic (exact) mass is 251 g/mol. The molecule has 0 aromatic heterocycles. The molecule has 1 fully saturated rings. The smallest absolute Gasteiger partial charge is 0.227 e. The largest absolute Gasteiger partial charge is 0.326 e.